The van der Waals surface area contributed by atoms with Crippen molar-refractivity contribution in [3.63, 3.8) is 0 Å². The second-order valence-electron chi connectivity index (χ2n) is 2.82. The lowest BCUT2D eigenvalue weighted by Crippen LogP contribution is -2.19. The molecular formula is C10H9NO2. The Balaban J connectivity index is 2.50. The SMILES string of the molecule is CC1=CN(C=O)c2ccccc2O1. The topological polar surface area (TPSA) is 29.5 Å². The predicted octanol–water partition coefficient (Wildman–Crippen LogP) is 1.90. The van der Waals surface area contributed by atoms with Crippen LogP contribution in [0.5, 0.6) is 5.75 Å². The molecule has 0 unspecified atom stereocenters. The molecule has 0 spiro atoms. The number of ether oxygens (including phenoxy) is 1. The van der Waals surface area contributed by atoms with Crippen LogP contribution in [0.2, 0.25) is 0 Å². The summed E-state index contributed by atoms with van der Waals surface area (Å²) >= 11 is 0. The van der Waals surface area contributed by atoms with E-state index in [9.17, 15) is 4.79 Å². The third kappa shape index (κ3) is 1.28. The van der Waals surface area contributed by atoms with Crippen molar-refractivity contribution in [2.75, 3.05) is 4.90 Å². The van der Waals surface area contributed by atoms with Crippen molar-refractivity contribution in [1.82, 2.24) is 0 Å². The lowest BCUT2D eigenvalue weighted by atomic mass is 10.2. The number of hydrogen-bond acceptors (Lipinski definition) is 2. The van der Waals surface area contributed by atoms with Crippen LogP contribution in [0.3, 0.4) is 0 Å². The molecule has 0 aliphatic carbocycles. The largest absolute Gasteiger partial charge is 0.458 e. The standard InChI is InChI=1S/C10H9NO2/c1-8-6-11(7-12)9-4-2-3-5-10(9)13-8/h2-7H,1H3. The van der Waals surface area contributed by atoms with Gasteiger partial charge < -0.3 is 4.74 Å². The molecule has 66 valence electrons. The number of rotatable bonds is 1. The number of benzene rings is 1. The minimum atomic E-state index is 0.714. The average Bonchev–Trinajstić information content (AvgIpc) is 2.16. The van der Waals surface area contributed by atoms with Gasteiger partial charge in [0, 0.05) is 0 Å². The highest BCUT2D eigenvalue weighted by Gasteiger charge is 2.15. The van der Waals surface area contributed by atoms with Crippen molar-refractivity contribution in [3.05, 3.63) is 36.2 Å². The van der Waals surface area contributed by atoms with E-state index >= 15 is 0 Å². The highest BCUT2D eigenvalue weighted by molar-refractivity contribution is 5.82. The van der Waals surface area contributed by atoms with Gasteiger partial charge >= 0.3 is 0 Å². The number of para-hydroxylation sites is 2. The first-order valence-corrected chi connectivity index (χ1v) is 4.00. The van der Waals surface area contributed by atoms with Crippen LogP contribution in [0.4, 0.5) is 5.69 Å². The molecule has 1 aliphatic heterocycles. The molecule has 1 aromatic rings. The number of allylic oxidation sites excluding steroid dienone is 1. The van der Waals surface area contributed by atoms with Crippen LogP contribution in [-0.4, -0.2) is 6.41 Å². The van der Waals surface area contributed by atoms with Gasteiger partial charge in [-0.05, 0) is 19.1 Å². The molecule has 1 aromatic carbocycles. The molecule has 0 saturated carbocycles. The Labute approximate surface area is 76.2 Å². The fourth-order valence-corrected chi connectivity index (χ4v) is 1.31. The Kier molecular flexibility index (Phi) is 1.77. The van der Waals surface area contributed by atoms with Gasteiger partial charge in [0.05, 0.1) is 11.9 Å². The van der Waals surface area contributed by atoms with Crippen molar-refractivity contribution in [2.24, 2.45) is 0 Å². The summed E-state index contributed by atoms with van der Waals surface area (Å²) in [5, 5.41) is 0. The van der Waals surface area contributed by atoms with Gasteiger partial charge in [-0.15, -0.1) is 0 Å². The monoisotopic (exact) mass is 175 g/mol. The van der Waals surface area contributed by atoms with E-state index in [0.29, 0.717) is 5.76 Å². The van der Waals surface area contributed by atoms with Crippen molar-refractivity contribution in [1.29, 1.82) is 0 Å². The molecule has 0 atom stereocenters. The van der Waals surface area contributed by atoms with E-state index in [2.05, 4.69) is 0 Å². The molecule has 0 bridgehead atoms. The van der Waals surface area contributed by atoms with Gasteiger partial charge in [0.1, 0.15) is 5.76 Å². The minimum absolute atomic E-state index is 0.714. The third-order valence-electron chi connectivity index (χ3n) is 1.85. The minimum Gasteiger partial charge on any atom is -0.458 e. The molecule has 1 aliphatic rings. The molecule has 0 saturated heterocycles. The van der Waals surface area contributed by atoms with Crippen LogP contribution in [0, 0.1) is 0 Å². The van der Waals surface area contributed by atoms with E-state index in [0.717, 1.165) is 17.8 Å². The molecular weight excluding hydrogens is 166 g/mol. The molecule has 0 aromatic heterocycles. The molecule has 0 fully saturated rings. The van der Waals surface area contributed by atoms with Crippen LogP contribution in [-0.2, 0) is 4.79 Å². The zero-order valence-electron chi connectivity index (χ0n) is 7.23. The first-order valence-electron chi connectivity index (χ1n) is 4.00. The first-order chi connectivity index (χ1) is 6.31. The molecule has 0 radical (unpaired) electrons. The molecule has 2 rings (SSSR count). The summed E-state index contributed by atoms with van der Waals surface area (Å²) in [4.78, 5) is 12.2. The average molecular weight is 175 g/mol. The van der Waals surface area contributed by atoms with Crippen molar-refractivity contribution < 1.29 is 9.53 Å². The maximum absolute atomic E-state index is 10.7. The van der Waals surface area contributed by atoms with Crippen LogP contribution < -0.4 is 9.64 Å². The van der Waals surface area contributed by atoms with Gasteiger partial charge in [0.15, 0.2) is 5.75 Å². The highest BCUT2D eigenvalue weighted by Crippen LogP contribution is 2.32. The molecule has 3 heteroatoms. The lowest BCUT2D eigenvalue weighted by molar-refractivity contribution is -0.107. The molecule has 3 nitrogen and oxygen atoms in total. The summed E-state index contributed by atoms with van der Waals surface area (Å²) in [5.74, 6) is 1.43. The van der Waals surface area contributed by atoms with Crippen LogP contribution in [0.25, 0.3) is 0 Å². The fraction of sp³-hybridized carbons (Fsp3) is 0.100. The summed E-state index contributed by atoms with van der Waals surface area (Å²) in [5.41, 5.74) is 0.781. The molecule has 0 N–H and O–H groups in total. The summed E-state index contributed by atoms with van der Waals surface area (Å²) in [6, 6.07) is 7.42. The molecule has 1 amide bonds. The third-order valence-corrected chi connectivity index (χ3v) is 1.85. The van der Waals surface area contributed by atoms with E-state index < -0.39 is 0 Å². The smallest absolute Gasteiger partial charge is 0.218 e. The summed E-state index contributed by atoms with van der Waals surface area (Å²) in [6.07, 6.45) is 2.43. The zero-order valence-corrected chi connectivity index (χ0v) is 7.23. The van der Waals surface area contributed by atoms with E-state index in [1.54, 1.807) is 6.20 Å². The van der Waals surface area contributed by atoms with E-state index in [1.807, 2.05) is 31.2 Å². The Morgan fingerprint density at radius 2 is 2.15 bits per heavy atom. The van der Waals surface area contributed by atoms with E-state index in [-0.39, 0.29) is 0 Å². The number of anilines is 1. The lowest BCUT2D eigenvalue weighted by Gasteiger charge is -2.22. The Morgan fingerprint density at radius 3 is 2.92 bits per heavy atom. The van der Waals surface area contributed by atoms with E-state index in [4.69, 9.17) is 4.74 Å². The first kappa shape index (κ1) is 7.86. The van der Waals surface area contributed by atoms with Gasteiger partial charge in [0.2, 0.25) is 6.41 Å². The van der Waals surface area contributed by atoms with Gasteiger partial charge in [-0.2, -0.15) is 0 Å². The second kappa shape index (κ2) is 2.94. The Hall–Kier alpha value is -1.77. The van der Waals surface area contributed by atoms with Gasteiger partial charge in [-0.25, -0.2) is 0 Å². The van der Waals surface area contributed by atoms with Crippen molar-refractivity contribution in [3.8, 4) is 5.75 Å². The van der Waals surface area contributed by atoms with Crippen LogP contribution >= 0.6 is 0 Å². The molecule has 1 heterocycles. The zero-order chi connectivity index (χ0) is 9.26. The number of carbonyl (C=O) groups excluding carboxylic acids is 1. The fourth-order valence-electron chi connectivity index (χ4n) is 1.31. The maximum atomic E-state index is 10.7. The van der Waals surface area contributed by atoms with Crippen molar-refractivity contribution in [2.45, 2.75) is 6.92 Å². The van der Waals surface area contributed by atoms with Crippen LogP contribution in [0.15, 0.2) is 36.2 Å². The number of carbonyl (C=O) groups is 1. The van der Waals surface area contributed by atoms with Gasteiger partial charge in [-0.1, -0.05) is 12.1 Å². The number of amides is 1. The molecule has 13 heavy (non-hydrogen) atoms. The quantitative estimate of drug-likeness (QED) is 0.610. The summed E-state index contributed by atoms with van der Waals surface area (Å²) < 4.78 is 5.42. The number of fused-ring (bicyclic) bond motifs is 1. The van der Waals surface area contributed by atoms with Gasteiger partial charge in [-0.3, -0.25) is 9.69 Å². The van der Waals surface area contributed by atoms with Crippen LogP contribution in [0.1, 0.15) is 6.92 Å². The second-order valence-corrected chi connectivity index (χ2v) is 2.82. The normalized spacial score (nSPS) is 14.2. The van der Waals surface area contributed by atoms with E-state index in [1.165, 1.54) is 4.90 Å². The highest BCUT2D eigenvalue weighted by atomic mass is 16.5. The number of hydrogen-bond donors (Lipinski definition) is 0. The Morgan fingerprint density at radius 1 is 1.38 bits per heavy atom. The summed E-state index contributed by atoms with van der Waals surface area (Å²) in [7, 11) is 0. The van der Waals surface area contributed by atoms with Crippen molar-refractivity contribution >= 4 is 12.1 Å². The summed E-state index contributed by atoms with van der Waals surface area (Å²) in [6.45, 7) is 1.81. The number of nitrogens with zero attached hydrogens (tertiary/aromatic N) is 1. The van der Waals surface area contributed by atoms with Gasteiger partial charge in [0.25, 0.3) is 0 Å². The Bertz CT molecular complexity index is 371. The predicted molar refractivity (Wildman–Crippen MR) is 49.4 cm³/mol. The maximum Gasteiger partial charge on any atom is 0.218 e.